The summed E-state index contributed by atoms with van der Waals surface area (Å²) in [4.78, 5) is 12.4. The van der Waals surface area contributed by atoms with Gasteiger partial charge in [0.2, 0.25) is 5.91 Å². The Morgan fingerprint density at radius 2 is 2.16 bits per heavy atom. The molecule has 3 unspecified atom stereocenters. The van der Waals surface area contributed by atoms with Crippen LogP contribution in [-0.4, -0.2) is 24.7 Å². The van der Waals surface area contributed by atoms with Gasteiger partial charge in [-0.1, -0.05) is 37.3 Å². The van der Waals surface area contributed by atoms with Crippen molar-refractivity contribution in [1.82, 2.24) is 5.32 Å². The van der Waals surface area contributed by atoms with Gasteiger partial charge in [-0.25, -0.2) is 0 Å². The van der Waals surface area contributed by atoms with Gasteiger partial charge in [0.05, 0.1) is 18.1 Å². The maximum atomic E-state index is 12.4. The number of carbonyl (C=O) groups is 1. The first-order chi connectivity index (χ1) is 9.22. The van der Waals surface area contributed by atoms with Crippen LogP contribution in [0.3, 0.4) is 0 Å². The second kappa shape index (κ2) is 6.71. The standard InChI is InChI=1S/C16H23NO2/c1-3-14(13-8-5-4-6-9-13)16(18)17-12(2)15-10-7-11-19-15/h4-6,8-9,12,14-15H,3,7,10-11H2,1-2H3,(H,17,18). The Kier molecular flexibility index (Phi) is 4.97. The molecule has 1 N–H and O–H groups in total. The Morgan fingerprint density at radius 1 is 1.42 bits per heavy atom. The fourth-order valence-electron chi connectivity index (χ4n) is 2.67. The summed E-state index contributed by atoms with van der Waals surface area (Å²) in [6, 6.07) is 10.1. The summed E-state index contributed by atoms with van der Waals surface area (Å²) in [6.07, 6.45) is 3.13. The van der Waals surface area contributed by atoms with Gasteiger partial charge >= 0.3 is 0 Å². The molecule has 1 saturated heterocycles. The van der Waals surface area contributed by atoms with Crippen LogP contribution in [0.25, 0.3) is 0 Å². The van der Waals surface area contributed by atoms with E-state index in [2.05, 4.69) is 5.32 Å². The van der Waals surface area contributed by atoms with E-state index in [1.165, 1.54) is 0 Å². The molecule has 1 aromatic rings. The van der Waals surface area contributed by atoms with Crippen LogP contribution in [0.1, 0.15) is 44.6 Å². The Hall–Kier alpha value is -1.35. The highest BCUT2D eigenvalue weighted by Crippen LogP contribution is 2.21. The third-order valence-corrected chi connectivity index (χ3v) is 3.82. The van der Waals surface area contributed by atoms with E-state index in [1.54, 1.807) is 0 Å². The van der Waals surface area contributed by atoms with E-state index in [4.69, 9.17) is 4.74 Å². The predicted molar refractivity (Wildman–Crippen MR) is 76.1 cm³/mol. The largest absolute Gasteiger partial charge is 0.376 e. The zero-order valence-corrected chi connectivity index (χ0v) is 11.8. The van der Waals surface area contributed by atoms with Gasteiger partial charge < -0.3 is 10.1 Å². The molecule has 3 nitrogen and oxygen atoms in total. The van der Waals surface area contributed by atoms with Crippen molar-refractivity contribution in [2.75, 3.05) is 6.61 Å². The molecule has 3 atom stereocenters. The lowest BCUT2D eigenvalue weighted by atomic mass is 9.95. The van der Waals surface area contributed by atoms with E-state index in [0.29, 0.717) is 0 Å². The Labute approximate surface area is 115 Å². The molecule has 19 heavy (non-hydrogen) atoms. The summed E-state index contributed by atoms with van der Waals surface area (Å²) in [6.45, 7) is 4.90. The van der Waals surface area contributed by atoms with Crippen molar-refractivity contribution in [2.45, 2.75) is 51.2 Å². The number of amides is 1. The van der Waals surface area contributed by atoms with E-state index < -0.39 is 0 Å². The van der Waals surface area contributed by atoms with Gasteiger partial charge in [-0.05, 0) is 31.7 Å². The topological polar surface area (TPSA) is 38.3 Å². The number of carbonyl (C=O) groups excluding carboxylic acids is 1. The second-order valence-electron chi connectivity index (χ2n) is 5.22. The van der Waals surface area contributed by atoms with Crippen LogP contribution in [-0.2, 0) is 9.53 Å². The van der Waals surface area contributed by atoms with Gasteiger partial charge in [-0.2, -0.15) is 0 Å². The molecular formula is C16H23NO2. The average Bonchev–Trinajstić information content (AvgIpc) is 2.94. The highest BCUT2D eigenvalue weighted by molar-refractivity contribution is 5.83. The third-order valence-electron chi connectivity index (χ3n) is 3.82. The lowest BCUT2D eigenvalue weighted by Gasteiger charge is -2.23. The molecule has 0 aliphatic carbocycles. The SMILES string of the molecule is CCC(C(=O)NC(C)C1CCCO1)c1ccccc1. The molecule has 2 rings (SSSR count). The Morgan fingerprint density at radius 3 is 2.74 bits per heavy atom. The predicted octanol–water partition coefficient (Wildman–Crippen LogP) is 2.86. The molecule has 104 valence electrons. The van der Waals surface area contributed by atoms with Gasteiger partial charge in [-0.3, -0.25) is 4.79 Å². The van der Waals surface area contributed by atoms with Gasteiger partial charge in [0.25, 0.3) is 0 Å². The second-order valence-corrected chi connectivity index (χ2v) is 5.22. The zero-order valence-electron chi connectivity index (χ0n) is 11.8. The number of hydrogen-bond acceptors (Lipinski definition) is 2. The highest BCUT2D eigenvalue weighted by atomic mass is 16.5. The smallest absolute Gasteiger partial charge is 0.227 e. The Balaban J connectivity index is 1.97. The summed E-state index contributed by atoms with van der Waals surface area (Å²) < 4.78 is 5.62. The summed E-state index contributed by atoms with van der Waals surface area (Å²) in [5, 5.41) is 3.11. The maximum Gasteiger partial charge on any atom is 0.227 e. The molecule has 1 aliphatic heterocycles. The zero-order chi connectivity index (χ0) is 13.7. The first kappa shape index (κ1) is 14.1. The van der Waals surface area contributed by atoms with Crippen LogP contribution in [0.4, 0.5) is 0 Å². The molecule has 1 amide bonds. The summed E-state index contributed by atoms with van der Waals surface area (Å²) in [7, 11) is 0. The molecule has 0 aromatic heterocycles. The minimum absolute atomic E-state index is 0.0648. The van der Waals surface area contributed by atoms with Crippen molar-refractivity contribution < 1.29 is 9.53 Å². The molecule has 1 aliphatic rings. The summed E-state index contributed by atoms with van der Waals surface area (Å²) in [5.74, 6) is 0.0433. The number of benzene rings is 1. The van der Waals surface area contributed by atoms with E-state index in [1.807, 2.05) is 44.2 Å². The molecule has 0 radical (unpaired) electrons. The van der Waals surface area contributed by atoms with Crippen LogP contribution < -0.4 is 5.32 Å². The molecular weight excluding hydrogens is 238 g/mol. The number of rotatable bonds is 5. The van der Waals surface area contributed by atoms with E-state index >= 15 is 0 Å². The van der Waals surface area contributed by atoms with Crippen molar-refractivity contribution in [3.63, 3.8) is 0 Å². The lowest BCUT2D eigenvalue weighted by Crippen LogP contribution is -2.42. The number of hydrogen-bond donors (Lipinski definition) is 1. The van der Waals surface area contributed by atoms with Gasteiger partial charge in [0.15, 0.2) is 0 Å². The van der Waals surface area contributed by atoms with Crippen LogP contribution in [0.5, 0.6) is 0 Å². The molecule has 1 heterocycles. The first-order valence-corrected chi connectivity index (χ1v) is 7.19. The Bertz CT molecular complexity index is 398. The van der Waals surface area contributed by atoms with Crippen molar-refractivity contribution in [3.05, 3.63) is 35.9 Å². The number of ether oxygens (including phenoxy) is 1. The van der Waals surface area contributed by atoms with Crippen molar-refractivity contribution in [3.8, 4) is 0 Å². The van der Waals surface area contributed by atoms with Crippen LogP contribution >= 0.6 is 0 Å². The first-order valence-electron chi connectivity index (χ1n) is 7.19. The van der Waals surface area contributed by atoms with Gasteiger partial charge in [0, 0.05) is 6.61 Å². The average molecular weight is 261 g/mol. The normalized spacial score (nSPS) is 21.9. The maximum absolute atomic E-state index is 12.4. The van der Waals surface area contributed by atoms with E-state index in [9.17, 15) is 4.79 Å². The van der Waals surface area contributed by atoms with Crippen molar-refractivity contribution >= 4 is 5.91 Å². The third kappa shape index (κ3) is 3.57. The summed E-state index contributed by atoms with van der Waals surface area (Å²) in [5.41, 5.74) is 1.09. The van der Waals surface area contributed by atoms with E-state index in [0.717, 1.165) is 31.4 Å². The highest BCUT2D eigenvalue weighted by Gasteiger charge is 2.26. The monoisotopic (exact) mass is 261 g/mol. The van der Waals surface area contributed by atoms with Crippen LogP contribution in [0.2, 0.25) is 0 Å². The molecule has 3 heteroatoms. The number of nitrogens with one attached hydrogen (secondary N) is 1. The van der Waals surface area contributed by atoms with Gasteiger partial charge in [-0.15, -0.1) is 0 Å². The fraction of sp³-hybridized carbons (Fsp3) is 0.562. The minimum atomic E-state index is -0.0648. The molecule has 0 spiro atoms. The lowest BCUT2D eigenvalue weighted by molar-refractivity contribution is -0.124. The summed E-state index contributed by atoms with van der Waals surface area (Å²) >= 11 is 0. The quantitative estimate of drug-likeness (QED) is 0.885. The van der Waals surface area contributed by atoms with Crippen LogP contribution in [0.15, 0.2) is 30.3 Å². The molecule has 1 fully saturated rings. The van der Waals surface area contributed by atoms with Crippen molar-refractivity contribution in [1.29, 1.82) is 0 Å². The van der Waals surface area contributed by atoms with Gasteiger partial charge in [0.1, 0.15) is 0 Å². The van der Waals surface area contributed by atoms with Crippen molar-refractivity contribution in [2.24, 2.45) is 0 Å². The molecule has 0 saturated carbocycles. The minimum Gasteiger partial charge on any atom is -0.376 e. The fourth-order valence-corrected chi connectivity index (χ4v) is 2.67. The van der Waals surface area contributed by atoms with E-state index in [-0.39, 0.29) is 24.0 Å². The molecule has 1 aromatic carbocycles. The van der Waals surface area contributed by atoms with Crippen LogP contribution in [0, 0.1) is 0 Å². The molecule has 0 bridgehead atoms.